The van der Waals surface area contributed by atoms with Crippen molar-refractivity contribution in [3.8, 4) is 0 Å². The van der Waals surface area contributed by atoms with Gasteiger partial charge in [0.25, 0.3) is 0 Å². The van der Waals surface area contributed by atoms with Crippen LogP contribution in [0.1, 0.15) is 12.8 Å². The van der Waals surface area contributed by atoms with Crippen LogP contribution >= 0.6 is 12.6 Å². The highest BCUT2D eigenvalue weighted by atomic mass is 32.1. The summed E-state index contributed by atoms with van der Waals surface area (Å²) in [6, 6.07) is -2.15. The Morgan fingerprint density at radius 1 is 1.17 bits per heavy atom. The minimum atomic E-state index is -1.22. The number of thiol groups is 1. The predicted molar refractivity (Wildman–Crippen MR) is 87.4 cm³/mol. The van der Waals surface area contributed by atoms with E-state index in [1.54, 1.807) is 0 Å². The molecule has 0 unspecified atom stereocenters. The Kier molecular flexibility index (Phi) is 14.9. The third kappa shape index (κ3) is 13.8. The van der Waals surface area contributed by atoms with E-state index in [2.05, 4.69) is 23.3 Å². The van der Waals surface area contributed by atoms with Crippen LogP contribution in [0.15, 0.2) is 0 Å². The predicted octanol–water partition coefficient (Wildman–Crippen LogP) is -3.27. The van der Waals surface area contributed by atoms with Gasteiger partial charge in [0.15, 0.2) is 0 Å². The van der Waals surface area contributed by atoms with Gasteiger partial charge in [0.1, 0.15) is 18.6 Å². The third-order valence-electron chi connectivity index (χ3n) is 2.38. The fraction of sp³-hybridized carbons (Fsp3) is 0.667. The zero-order valence-corrected chi connectivity index (χ0v) is 13.9. The summed E-state index contributed by atoms with van der Waals surface area (Å²) in [7, 11) is 0. The van der Waals surface area contributed by atoms with Crippen molar-refractivity contribution in [2.75, 3.05) is 25.4 Å². The van der Waals surface area contributed by atoms with Crippen LogP contribution in [-0.4, -0.2) is 76.6 Å². The van der Waals surface area contributed by atoms with Crippen LogP contribution in [0.3, 0.4) is 0 Å². The molecule has 24 heavy (non-hydrogen) atoms. The number of carboxylic acid groups (broad SMARTS) is 2. The number of hydrogen-bond donors (Lipinski definition) is 8. The summed E-state index contributed by atoms with van der Waals surface area (Å²) in [5, 5.41) is 29.1. The van der Waals surface area contributed by atoms with E-state index < -0.39 is 42.4 Å². The van der Waals surface area contributed by atoms with Crippen molar-refractivity contribution >= 4 is 36.4 Å². The molecule has 2 atom stereocenters. The molecule has 0 aliphatic rings. The van der Waals surface area contributed by atoms with Crippen molar-refractivity contribution in [1.82, 2.24) is 10.6 Å². The smallest absolute Gasteiger partial charge is 0.322 e. The second-order valence-corrected chi connectivity index (χ2v) is 4.78. The summed E-state index contributed by atoms with van der Waals surface area (Å²) in [6.45, 7) is -0.0944. The Morgan fingerprint density at radius 3 is 2.08 bits per heavy atom. The Hall–Kier alpha value is -1.89. The highest BCUT2D eigenvalue weighted by Gasteiger charge is 2.20. The molecule has 0 radical (unpaired) electrons. The average Bonchev–Trinajstić information content (AvgIpc) is 2.55. The van der Waals surface area contributed by atoms with Gasteiger partial charge in [0.2, 0.25) is 11.8 Å². The molecule has 0 spiro atoms. The Morgan fingerprint density at radius 2 is 1.71 bits per heavy atom. The molecule has 11 nitrogen and oxygen atoms in total. The zero-order valence-electron chi connectivity index (χ0n) is 13.0. The molecule has 0 heterocycles. The first-order valence-corrected chi connectivity index (χ1v) is 7.51. The van der Waals surface area contributed by atoms with E-state index in [-0.39, 0.29) is 25.2 Å². The van der Waals surface area contributed by atoms with Gasteiger partial charge < -0.3 is 37.4 Å². The van der Waals surface area contributed by atoms with Gasteiger partial charge in [-0.05, 0) is 6.42 Å². The van der Waals surface area contributed by atoms with Gasteiger partial charge in [-0.1, -0.05) is 0 Å². The Labute approximate surface area is 144 Å². The number of aliphatic hydroxyl groups excluding tert-OH is 1. The maximum atomic E-state index is 11.5. The second-order valence-electron chi connectivity index (χ2n) is 4.41. The lowest BCUT2D eigenvalue weighted by molar-refractivity contribution is -0.139. The fourth-order valence-corrected chi connectivity index (χ4v) is 1.41. The maximum absolute atomic E-state index is 11.5. The lowest BCUT2D eigenvalue weighted by Crippen LogP contribution is -2.49. The Bertz CT molecular complexity index is 420. The maximum Gasteiger partial charge on any atom is 0.322 e. The molecule has 0 aliphatic carbocycles. The van der Waals surface area contributed by atoms with E-state index in [1.807, 2.05) is 0 Å². The molecule has 0 fully saturated rings. The van der Waals surface area contributed by atoms with Gasteiger partial charge >= 0.3 is 11.9 Å². The SMILES string of the molecule is NCCO.N[C@@H](CCC(=O)N[C@@H](CS)C(=O)NCC(=O)O)C(=O)O. The molecule has 0 aromatic carbocycles. The highest BCUT2D eigenvalue weighted by molar-refractivity contribution is 7.80. The van der Waals surface area contributed by atoms with Crippen LogP contribution in [0.4, 0.5) is 0 Å². The zero-order chi connectivity index (χ0) is 19.1. The van der Waals surface area contributed by atoms with E-state index in [0.717, 1.165) is 0 Å². The van der Waals surface area contributed by atoms with Gasteiger partial charge in [-0.3, -0.25) is 19.2 Å². The van der Waals surface area contributed by atoms with Crippen LogP contribution in [0.5, 0.6) is 0 Å². The number of carbonyl (C=O) groups is 4. The monoisotopic (exact) mass is 368 g/mol. The first-order valence-electron chi connectivity index (χ1n) is 6.88. The van der Waals surface area contributed by atoms with Gasteiger partial charge in [-0.25, -0.2) is 0 Å². The van der Waals surface area contributed by atoms with Crippen LogP contribution in [0.25, 0.3) is 0 Å². The van der Waals surface area contributed by atoms with Gasteiger partial charge in [0.05, 0.1) is 6.61 Å². The number of rotatable bonds is 10. The number of nitrogens with one attached hydrogen (secondary N) is 2. The van der Waals surface area contributed by atoms with Gasteiger partial charge in [-0.2, -0.15) is 12.6 Å². The van der Waals surface area contributed by atoms with Crippen LogP contribution in [0, 0.1) is 0 Å². The van der Waals surface area contributed by atoms with Crippen LogP contribution < -0.4 is 22.1 Å². The summed E-state index contributed by atoms with van der Waals surface area (Å²) in [6.07, 6.45) is -0.235. The number of carboxylic acids is 2. The number of amides is 2. The van der Waals surface area contributed by atoms with Crippen molar-refractivity contribution in [2.45, 2.75) is 24.9 Å². The number of aliphatic carboxylic acids is 2. The first kappa shape index (κ1) is 24.4. The molecule has 0 aromatic heterocycles. The summed E-state index contributed by atoms with van der Waals surface area (Å²) in [5.41, 5.74) is 10.0. The van der Waals surface area contributed by atoms with E-state index in [1.165, 1.54) is 0 Å². The molecule has 0 aromatic rings. The molecule has 0 rings (SSSR count). The molecule has 9 N–H and O–H groups in total. The van der Waals surface area contributed by atoms with Crippen LogP contribution in [-0.2, 0) is 19.2 Å². The highest BCUT2D eigenvalue weighted by Crippen LogP contribution is 1.97. The molecule has 12 heteroatoms. The third-order valence-corrected chi connectivity index (χ3v) is 2.74. The van der Waals surface area contributed by atoms with Gasteiger partial charge in [-0.15, -0.1) is 0 Å². The van der Waals surface area contributed by atoms with Crippen molar-refractivity contribution in [3.05, 3.63) is 0 Å². The molecule has 0 saturated heterocycles. The minimum Gasteiger partial charge on any atom is -0.480 e. The lowest BCUT2D eigenvalue weighted by Gasteiger charge is -2.16. The summed E-state index contributed by atoms with van der Waals surface area (Å²) in [5.74, 6) is -3.70. The second kappa shape index (κ2) is 14.7. The first-order chi connectivity index (χ1) is 11.2. The fourth-order valence-electron chi connectivity index (χ4n) is 1.16. The molecule has 2 amide bonds. The topological polar surface area (TPSA) is 205 Å². The van der Waals surface area contributed by atoms with Gasteiger partial charge in [0, 0.05) is 18.7 Å². The number of nitrogens with two attached hydrogens (primary N) is 2. The molecular formula is C12H24N4O7S. The summed E-state index contributed by atoms with van der Waals surface area (Å²) in [4.78, 5) is 43.7. The van der Waals surface area contributed by atoms with Crippen molar-refractivity contribution in [2.24, 2.45) is 11.5 Å². The quantitative estimate of drug-likeness (QED) is 0.182. The van der Waals surface area contributed by atoms with Crippen molar-refractivity contribution in [3.63, 3.8) is 0 Å². The number of aliphatic hydroxyl groups is 1. The lowest BCUT2D eigenvalue weighted by atomic mass is 10.1. The molecular weight excluding hydrogens is 344 g/mol. The molecule has 0 bridgehead atoms. The van der Waals surface area contributed by atoms with E-state index >= 15 is 0 Å². The molecule has 0 aliphatic heterocycles. The summed E-state index contributed by atoms with van der Waals surface area (Å²) < 4.78 is 0. The van der Waals surface area contributed by atoms with E-state index in [0.29, 0.717) is 6.54 Å². The average molecular weight is 368 g/mol. The minimum absolute atomic E-state index is 0.0256. The summed E-state index contributed by atoms with van der Waals surface area (Å²) >= 11 is 3.87. The number of hydrogen-bond acceptors (Lipinski definition) is 8. The van der Waals surface area contributed by atoms with Crippen LogP contribution in [0.2, 0.25) is 0 Å². The normalized spacial score (nSPS) is 12.2. The Balaban J connectivity index is 0. The van der Waals surface area contributed by atoms with Crippen molar-refractivity contribution in [1.29, 1.82) is 0 Å². The van der Waals surface area contributed by atoms with E-state index in [4.69, 9.17) is 26.8 Å². The number of carbonyl (C=O) groups excluding carboxylic acids is 2. The van der Waals surface area contributed by atoms with Crippen molar-refractivity contribution < 1.29 is 34.5 Å². The molecule has 0 saturated carbocycles. The largest absolute Gasteiger partial charge is 0.480 e. The standard InChI is InChI=1S/C10H17N3O6S.C2H7NO/c11-5(10(18)19)1-2-7(14)13-6(4-20)9(17)12-3-8(15)16;3-1-2-4/h5-6,20H,1-4,11H2,(H,12,17)(H,13,14)(H,15,16)(H,18,19);4H,1-3H2/t5-,6-;/m0./s1. The van der Waals surface area contributed by atoms with E-state index in [9.17, 15) is 19.2 Å². The molecule has 140 valence electrons.